The lowest BCUT2D eigenvalue weighted by Gasteiger charge is -2.11. The first-order valence-electron chi connectivity index (χ1n) is 7.66. The van der Waals surface area contributed by atoms with Crippen LogP contribution in [0.4, 0.5) is 5.69 Å². The van der Waals surface area contributed by atoms with Crippen LogP contribution in [0.25, 0.3) is 0 Å². The maximum Gasteiger partial charge on any atom is 0.134 e. The van der Waals surface area contributed by atoms with Gasteiger partial charge in [0.1, 0.15) is 12.4 Å². The van der Waals surface area contributed by atoms with Crippen molar-refractivity contribution in [3.05, 3.63) is 93.4 Å². The van der Waals surface area contributed by atoms with Gasteiger partial charge in [-0.2, -0.15) is 0 Å². The Morgan fingerprint density at radius 2 is 1.67 bits per heavy atom. The quantitative estimate of drug-likeness (QED) is 0.523. The van der Waals surface area contributed by atoms with Crippen molar-refractivity contribution in [3.63, 3.8) is 0 Å². The summed E-state index contributed by atoms with van der Waals surface area (Å²) in [5.74, 6) is 0.804. The number of para-hydroxylation sites is 1. The highest BCUT2D eigenvalue weighted by Gasteiger charge is 2.05. The van der Waals surface area contributed by atoms with E-state index in [1.54, 1.807) is 0 Å². The summed E-state index contributed by atoms with van der Waals surface area (Å²) in [6.07, 6.45) is 0. The smallest absolute Gasteiger partial charge is 0.134 e. The van der Waals surface area contributed by atoms with Crippen LogP contribution in [0.2, 0.25) is 5.02 Å². The van der Waals surface area contributed by atoms with Gasteiger partial charge < -0.3 is 10.1 Å². The van der Waals surface area contributed by atoms with Crippen molar-refractivity contribution in [1.29, 1.82) is 0 Å². The van der Waals surface area contributed by atoms with Crippen LogP contribution in [-0.4, -0.2) is 0 Å². The molecule has 0 radical (unpaired) electrons. The van der Waals surface area contributed by atoms with Gasteiger partial charge in [-0.05, 0) is 51.8 Å². The highest BCUT2D eigenvalue weighted by Crippen LogP contribution is 2.28. The van der Waals surface area contributed by atoms with Crippen LogP contribution in [0.3, 0.4) is 0 Å². The van der Waals surface area contributed by atoms with Crippen molar-refractivity contribution in [2.24, 2.45) is 0 Å². The second-order valence-corrected chi connectivity index (χ2v) is 6.63. The summed E-state index contributed by atoms with van der Waals surface area (Å²) in [6.45, 7) is 1.20. The Kier molecular flexibility index (Phi) is 5.78. The molecule has 122 valence electrons. The van der Waals surface area contributed by atoms with Gasteiger partial charge >= 0.3 is 0 Å². The van der Waals surface area contributed by atoms with E-state index in [0.29, 0.717) is 6.61 Å². The number of rotatable bonds is 6. The van der Waals surface area contributed by atoms with E-state index >= 15 is 0 Å². The lowest BCUT2D eigenvalue weighted by Crippen LogP contribution is -2.00. The molecule has 0 fully saturated rings. The van der Waals surface area contributed by atoms with E-state index in [1.165, 1.54) is 5.56 Å². The molecular weight excluding hydrogens is 386 g/mol. The maximum atomic E-state index is 6.15. The first kappa shape index (κ1) is 16.9. The zero-order chi connectivity index (χ0) is 16.8. The van der Waals surface area contributed by atoms with Gasteiger partial charge in [-0.1, -0.05) is 54.1 Å². The molecule has 3 aromatic rings. The maximum absolute atomic E-state index is 6.15. The minimum atomic E-state index is 0.444. The highest BCUT2D eigenvalue weighted by molar-refractivity contribution is 9.10. The van der Waals surface area contributed by atoms with Crippen LogP contribution < -0.4 is 10.1 Å². The molecule has 0 aliphatic carbocycles. The Morgan fingerprint density at radius 1 is 0.917 bits per heavy atom. The average molecular weight is 403 g/mol. The Balaban J connectivity index is 1.61. The third-order valence-corrected chi connectivity index (χ3v) is 4.60. The SMILES string of the molecule is Clc1ccccc1COc1ccc(CNc2ccccc2)cc1Br. The normalized spacial score (nSPS) is 10.4. The fourth-order valence-electron chi connectivity index (χ4n) is 2.30. The molecule has 0 aliphatic rings. The minimum Gasteiger partial charge on any atom is -0.488 e. The molecule has 0 saturated carbocycles. The lowest BCUT2D eigenvalue weighted by molar-refractivity contribution is 0.304. The third kappa shape index (κ3) is 4.53. The first-order valence-corrected chi connectivity index (χ1v) is 8.83. The molecule has 0 saturated heterocycles. The van der Waals surface area contributed by atoms with Crippen molar-refractivity contribution >= 4 is 33.2 Å². The van der Waals surface area contributed by atoms with Gasteiger partial charge in [0, 0.05) is 22.8 Å². The van der Waals surface area contributed by atoms with Crippen LogP contribution in [-0.2, 0) is 13.2 Å². The fourth-order valence-corrected chi connectivity index (χ4v) is 3.03. The van der Waals surface area contributed by atoms with Crippen molar-refractivity contribution in [2.75, 3.05) is 5.32 Å². The molecule has 0 atom stereocenters. The summed E-state index contributed by atoms with van der Waals surface area (Å²) in [7, 11) is 0. The molecule has 0 amide bonds. The Morgan fingerprint density at radius 3 is 2.42 bits per heavy atom. The van der Waals surface area contributed by atoms with E-state index in [0.717, 1.165) is 33.0 Å². The fraction of sp³-hybridized carbons (Fsp3) is 0.100. The summed E-state index contributed by atoms with van der Waals surface area (Å²) in [5, 5.41) is 4.11. The Hall–Kier alpha value is -1.97. The molecule has 0 unspecified atom stereocenters. The van der Waals surface area contributed by atoms with Gasteiger partial charge in [0.2, 0.25) is 0 Å². The second kappa shape index (κ2) is 8.22. The van der Waals surface area contributed by atoms with E-state index < -0.39 is 0 Å². The molecule has 24 heavy (non-hydrogen) atoms. The van der Waals surface area contributed by atoms with Gasteiger partial charge in [-0.25, -0.2) is 0 Å². The summed E-state index contributed by atoms with van der Waals surface area (Å²) < 4.78 is 6.80. The van der Waals surface area contributed by atoms with Crippen molar-refractivity contribution < 1.29 is 4.74 Å². The number of benzene rings is 3. The average Bonchev–Trinajstić information content (AvgIpc) is 2.61. The summed E-state index contributed by atoms with van der Waals surface area (Å²) in [4.78, 5) is 0. The van der Waals surface area contributed by atoms with Gasteiger partial charge in [0.05, 0.1) is 4.47 Å². The number of halogens is 2. The Bertz CT molecular complexity index is 808. The monoisotopic (exact) mass is 401 g/mol. The van der Waals surface area contributed by atoms with Gasteiger partial charge in [-0.3, -0.25) is 0 Å². The molecular formula is C20H17BrClNO. The van der Waals surface area contributed by atoms with E-state index in [4.69, 9.17) is 16.3 Å². The molecule has 3 rings (SSSR count). The molecule has 0 heterocycles. The van der Waals surface area contributed by atoms with Gasteiger partial charge in [0.25, 0.3) is 0 Å². The first-order chi connectivity index (χ1) is 11.7. The van der Waals surface area contributed by atoms with E-state index in [9.17, 15) is 0 Å². The lowest BCUT2D eigenvalue weighted by atomic mass is 10.2. The number of hydrogen-bond donors (Lipinski definition) is 1. The van der Waals surface area contributed by atoms with Gasteiger partial charge in [-0.15, -0.1) is 0 Å². The zero-order valence-electron chi connectivity index (χ0n) is 13.0. The summed E-state index contributed by atoms with van der Waals surface area (Å²) in [5.41, 5.74) is 3.25. The van der Waals surface area contributed by atoms with Gasteiger partial charge in [0.15, 0.2) is 0 Å². The number of anilines is 1. The highest BCUT2D eigenvalue weighted by atomic mass is 79.9. The molecule has 0 bridgehead atoms. The van der Waals surface area contributed by atoms with Crippen LogP contribution in [0.1, 0.15) is 11.1 Å². The minimum absolute atomic E-state index is 0.444. The molecule has 1 N–H and O–H groups in total. The van der Waals surface area contributed by atoms with E-state index in [1.807, 2.05) is 48.5 Å². The van der Waals surface area contributed by atoms with Crippen molar-refractivity contribution in [3.8, 4) is 5.75 Å². The van der Waals surface area contributed by atoms with Crippen LogP contribution in [0.15, 0.2) is 77.3 Å². The Labute approximate surface area is 155 Å². The molecule has 0 spiro atoms. The predicted molar refractivity (Wildman–Crippen MR) is 104 cm³/mol. The zero-order valence-corrected chi connectivity index (χ0v) is 15.3. The summed E-state index contributed by atoms with van der Waals surface area (Å²) in [6, 6.07) is 24.0. The molecule has 3 aromatic carbocycles. The molecule has 0 aliphatic heterocycles. The van der Waals surface area contributed by atoms with Crippen LogP contribution >= 0.6 is 27.5 Å². The van der Waals surface area contributed by atoms with E-state index in [2.05, 4.69) is 45.5 Å². The molecule has 0 aromatic heterocycles. The van der Waals surface area contributed by atoms with E-state index in [-0.39, 0.29) is 0 Å². The largest absolute Gasteiger partial charge is 0.488 e. The second-order valence-electron chi connectivity index (χ2n) is 5.36. The standard InChI is InChI=1S/C20H17BrClNO/c21-18-12-15(13-23-17-7-2-1-3-8-17)10-11-20(18)24-14-16-6-4-5-9-19(16)22/h1-12,23H,13-14H2. The van der Waals surface area contributed by atoms with Crippen molar-refractivity contribution in [2.45, 2.75) is 13.2 Å². The molecule has 4 heteroatoms. The third-order valence-electron chi connectivity index (χ3n) is 3.61. The molecule has 2 nitrogen and oxygen atoms in total. The number of hydrogen-bond acceptors (Lipinski definition) is 2. The number of nitrogens with one attached hydrogen (secondary N) is 1. The van der Waals surface area contributed by atoms with Crippen molar-refractivity contribution in [1.82, 2.24) is 0 Å². The van der Waals surface area contributed by atoms with Crippen LogP contribution in [0, 0.1) is 0 Å². The number of ether oxygens (including phenoxy) is 1. The summed E-state index contributed by atoms with van der Waals surface area (Å²) >= 11 is 9.73. The van der Waals surface area contributed by atoms with Crippen LogP contribution in [0.5, 0.6) is 5.75 Å². The topological polar surface area (TPSA) is 21.3 Å². The predicted octanol–water partition coefficient (Wildman–Crippen LogP) is 6.29.